The fraction of sp³-hybridized carbons (Fsp3) is 0.211. The molecular formula is C19H19FN2O3S. The van der Waals surface area contributed by atoms with E-state index in [1.54, 1.807) is 30.3 Å². The van der Waals surface area contributed by atoms with Crippen LogP contribution in [-0.4, -0.2) is 31.7 Å². The Morgan fingerprint density at radius 3 is 2.46 bits per heavy atom. The van der Waals surface area contributed by atoms with Crippen LogP contribution in [0.3, 0.4) is 0 Å². The van der Waals surface area contributed by atoms with Crippen molar-refractivity contribution >= 4 is 27.7 Å². The quantitative estimate of drug-likeness (QED) is 0.817. The molecule has 0 unspecified atom stereocenters. The van der Waals surface area contributed by atoms with Crippen LogP contribution in [0.2, 0.25) is 0 Å². The second-order valence-electron chi connectivity index (χ2n) is 6.01. The zero-order valence-corrected chi connectivity index (χ0v) is 14.9. The SMILES string of the molecule is O=C(C=Cc1ccc(F)cc1)Nc1cccc(S(=O)(=O)N2CCCC2)c1. The number of benzene rings is 2. The maximum absolute atomic E-state index is 12.9. The molecule has 1 saturated heterocycles. The van der Waals surface area contributed by atoms with Gasteiger partial charge in [-0.3, -0.25) is 4.79 Å². The standard InChI is InChI=1S/C19H19FN2O3S/c20-16-9-6-15(7-10-16)8-11-19(23)21-17-4-3-5-18(14-17)26(24,25)22-12-1-2-13-22/h3-11,14H,1-2,12-13H2,(H,21,23). The summed E-state index contributed by atoms with van der Waals surface area (Å²) < 4.78 is 39.5. The summed E-state index contributed by atoms with van der Waals surface area (Å²) in [5.74, 6) is -0.743. The van der Waals surface area contributed by atoms with Crippen LogP contribution < -0.4 is 5.32 Å². The number of hydrogen-bond donors (Lipinski definition) is 1. The minimum Gasteiger partial charge on any atom is -0.322 e. The van der Waals surface area contributed by atoms with Crippen LogP contribution in [0.25, 0.3) is 6.08 Å². The predicted octanol–water partition coefficient (Wildman–Crippen LogP) is 3.26. The van der Waals surface area contributed by atoms with Crippen molar-refractivity contribution in [2.24, 2.45) is 0 Å². The average molecular weight is 374 g/mol. The largest absolute Gasteiger partial charge is 0.322 e. The predicted molar refractivity (Wildman–Crippen MR) is 98.5 cm³/mol. The second-order valence-corrected chi connectivity index (χ2v) is 7.95. The minimum atomic E-state index is -3.53. The third kappa shape index (κ3) is 4.36. The van der Waals surface area contributed by atoms with Crippen molar-refractivity contribution < 1.29 is 17.6 Å². The van der Waals surface area contributed by atoms with Gasteiger partial charge in [0.05, 0.1) is 4.90 Å². The number of halogens is 1. The van der Waals surface area contributed by atoms with Gasteiger partial charge in [0.1, 0.15) is 5.82 Å². The van der Waals surface area contributed by atoms with Crippen molar-refractivity contribution in [3.05, 3.63) is 66.0 Å². The van der Waals surface area contributed by atoms with Crippen molar-refractivity contribution in [3.8, 4) is 0 Å². The number of carbonyl (C=O) groups is 1. The average Bonchev–Trinajstić information content (AvgIpc) is 3.17. The zero-order chi connectivity index (χ0) is 18.6. The summed E-state index contributed by atoms with van der Waals surface area (Å²) in [6, 6.07) is 11.9. The molecule has 1 amide bonds. The summed E-state index contributed by atoms with van der Waals surface area (Å²) >= 11 is 0. The molecule has 26 heavy (non-hydrogen) atoms. The number of carbonyl (C=O) groups excluding carboxylic acids is 1. The molecule has 0 bridgehead atoms. The molecule has 2 aromatic rings. The smallest absolute Gasteiger partial charge is 0.248 e. The lowest BCUT2D eigenvalue weighted by molar-refractivity contribution is -0.111. The number of nitrogens with one attached hydrogen (secondary N) is 1. The highest BCUT2D eigenvalue weighted by atomic mass is 32.2. The van der Waals surface area contributed by atoms with Crippen LogP contribution in [0, 0.1) is 5.82 Å². The van der Waals surface area contributed by atoms with E-state index in [0.717, 1.165) is 12.8 Å². The Bertz CT molecular complexity index is 918. The zero-order valence-electron chi connectivity index (χ0n) is 14.1. The van der Waals surface area contributed by atoms with E-state index in [0.29, 0.717) is 24.3 Å². The van der Waals surface area contributed by atoms with Crippen molar-refractivity contribution in [2.45, 2.75) is 17.7 Å². The van der Waals surface area contributed by atoms with Gasteiger partial charge >= 0.3 is 0 Å². The van der Waals surface area contributed by atoms with E-state index < -0.39 is 15.9 Å². The van der Waals surface area contributed by atoms with Gasteiger partial charge in [0.15, 0.2) is 0 Å². The fourth-order valence-corrected chi connectivity index (χ4v) is 4.31. The summed E-state index contributed by atoms with van der Waals surface area (Å²) in [6.45, 7) is 1.05. The first-order valence-corrected chi connectivity index (χ1v) is 9.74. The summed E-state index contributed by atoms with van der Waals surface area (Å²) in [7, 11) is -3.53. The molecule has 0 radical (unpaired) electrons. The Hall–Kier alpha value is -2.51. The van der Waals surface area contributed by atoms with Gasteiger partial charge in [-0.2, -0.15) is 4.31 Å². The molecule has 3 rings (SSSR count). The molecule has 1 aliphatic heterocycles. The third-order valence-electron chi connectivity index (χ3n) is 4.10. The number of sulfonamides is 1. The molecule has 0 atom stereocenters. The number of nitrogens with zero attached hydrogens (tertiary/aromatic N) is 1. The van der Waals surface area contributed by atoms with Crippen LogP contribution in [-0.2, 0) is 14.8 Å². The van der Waals surface area contributed by atoms with E-state index in [1.807, 2.05) is 0 Å². The van der Waals surface area contributed by atoms with Gasteiger partial charge in [-0.15, -0.1) is 0 Å². The number of anilines is 1. The molecule has 7 heteroatoms. The lowest BCUT2D eigenvalue weighted by Gasteiger charge is -2.16. The van der Waals surface area contributed by atoms with E-state index in [9.17, 15) is 17.6 Å². The van der Waals surface area contributed by atoms with Gasteiger partial charge in [0, 0.05) is 24.9 Å². The van der Waals surface area contributed by atoms with E-state index in [-0.39, 0.29) is 10.7 Å². The minimum absolute atomic E-state index is 0.166. The Morgan fingerprint density at radius 1 is 1.08 bits per heavy atom. The highest BCUT2D eigenvalue weighted by Crippen LogP contribution is 2.23. The summed E-state index contributed by atoms with van der Waals surface area (Å²) in [6.07, 6.45) is 4.60. The van der Waals surface area contributed by atoms with Gasteiger partial charge in [0.25, 0.3) is 0 Å². The Balaban J connectivity index is 1.70. The van der Waals surface area contributed by atoms with Crippen LogP contribution >= 0.6 is 0 Å². The first-order valence-electron chi connectivity index (χ1n) is 8.30. The first-order chi connectivity index (χ1) is 12.4. The van der Waals surface area contributed by atoms with E-state index in [1.165, 1.54) is 34.6 Å². The monoisotopic (exact) mass is 374 g/mol. The van der Waals surface area contributed by atoms with Gasteiger partial charge < -0.3 is 5.32 Å². The molecule has 2 aromatic carbocycles. The highest BCUT2D eigenvalue weighted by Gasteiger charge is 2.27. The molecule has 0 aliphatic carbocycles. The van der Waals surface area contributed by atoms with Crippen molar-refractivity contribution in [3.63, 3.8) is 0 Å². The van der Waals surface area contributed by atoms with E-state index in [4.69, 9.17) is 0 Å². The van der Waals surface area contributed by atoms with Crippen molar-refractivity contribution in [1.29, 1.82) is 0 Å². The van der Waals surface area contributed by atoms with Crippen molar-refractivity contribution in [1.82, 2.24) is 4.31 Å². The lowest BCUT2D eigenvalue weighted by atomic mass is 10.2. The Morgan fingerprint density at radius 2 is 1.77 bits per heavy atom. The second kappa shape index (κ2) is 7.80. The molecular weight excluding hydrogens is 355 g/mol. The normalized spacial score (nSPS) is 15.4. The molecule has 1 heterocycles. The maximum Gasteiger partial charge on any atom is 0.248 e. The molecule has 0 aromatic heterocycles. The van der Waals surface area contributed by atoms with Gasteiger partial charge in [-0.1, -0.05) is 18.2 Å². The molecule has 136 valence electrons. The maximum atomic E-state index is 12.9. The molecule has 1 fully saturated rings. The molecule has 1 aliphatic rings. The topological polar surface area (TPSA) is 66.5 Å². The highest BCUT2D eigenvalue weighted by molar-refractivity contribution is 7.89. The van der Waals surface area contributed by atoms with Crippen LogP contribution in [0.5, 0.6) is 0 Å². The van der Waals surface area contributed by atoms with Crippen molar-refractivity contribution in [2.75, 3.05) is 18.4 Å². The van der Waals surface area contributed by atoms with E-state index >= 15 is 0 Å². The molecule has 1 N–H and O–H groups in total. The lowest BCUT2D eigenvalue weighted by Crippen LogP contribution is -2.27. The van der Waals surface area contributed by atoms with Gasteiger partial charge in [-0.25, -0.2) is 12.8 Å². The van der Waals surface area contributed by atoms with E-state index in [2.05, 4.69) is 5.32 Å². The Kier molecular flexibility index (Phi) is 5.49. The van der Waals surface area contributed by atoms with Crippen LogP contribution in [0.4, 0.5) is 10.1 Å². The Labute approximate surface area is 152 Å². The van der Waals surface area contributed by atoms with Crippen LogP contribution in [0.1, 0.15) is 18.4 Å². The number of rotatable bonds is 5. The van der Waals surface area contributed by atoms with Gasteiger partial charge in [-0.05, 0) is 54.8 Å². The summed E-state index contributed by atoms with van der Waals surface area (Å²) in [5, 5.41) is 2.64. The number of hydrogen-bond acceptors (Lipinski definition) is 3. The van der Waals surface area contributed by atoms with Crippen LogP contribution in [0.15, 0.2) is 59.5 Å². The first kappa shape index (κ1) is 18.3. The summed E-state index contributed by atoms with van der Waals surface area (Å²) in [5.41, 5.74) is 1.09. The molecule has 0 spiro atoms. The van der Waals surface area contributed by atoms with Gasteiger partial charge in [0.2, 0.25) is 15.9 Å². The third-order valence-corrected chi connectivity index (χ3v) is 6.00. The fourth-order valence-electron chi connectivity index (χ4n) is 2.74. The number of amides is 1. The molecule has 0 saturated carbocycles. The molecule has 5 nitrogen and oxygen atoms in total. The summed E-state index contributed by atoms with van der Waals surface area (Å²) in [4.78, 5) is 12.2.